The summed E-state index contributed by atoms with van der Waals surface area (Å²) in [5.41, 5.74) is 0.0537. The van der Waals surface area contributed by atoms with Crippen molar-refractivity contribution in [1.82, 2.24) is 4.90 Å². The van der Waals surface area contributed by atoms with Crippen LogP contribution in [0.25, 0.3) is 0 Å². The summed E-state index contributed by atoms with van der Waals surface area (Å²) in [4.78, 5) is 6.70. The highest BCUT2D eigenvalue weighted by atomic mass is 35.5. The van der Waals surface area contributed by atoms with Crippen LogP contribution < -0.4 is 0 Å². The number of rotatable bonds is 2. The van der Waals surface area contributed by atoms with Gasteiger partial charge in [-0.3, -0.25) is 4.99 Å². The topological polar surface area (TPSA) is 48.6 Å². The van der Waals surface area contributed by atoms with Crippen LogP contribution in [0.2, 0.25) is 5.02 Å². The third kappa shape index (κ3) is 2.66. The zero-order chi connectivity index (χ0) is 18.5. The molecular formula is C17H11ClF3N3OS. The zero-order valence-electron chi connectivity index (χ0n) is 13.2. The lowest BCUT2D eigenvalue weighted by atomic mass is 9.87. The second-order valence-electron chi connectivity index (χ2n) is 6.01. The molecule has 3 aliphatic heterocycles. The van der Waals surface area contributed by atoms with Crippen LogP contribution in [0.5, 0.6) is 0 Å². The van der Waals surface area contributed by atoms with Gasteiger partial charge in [0.1, 0.15) is 11.6 Å². The summed E-state index contributed by atoms with van der Waals surface area (Å²) < 4.78 is 44.6. The minimum absolute atomic E-state index is 0.0324. The van der Waals surface area contributed by atoms with Crippen LogP contribution in [0.4, 0.5) is 13.2 Å². The van der Waals surface area contributed by atoms with Gasteiger partial charge in [0, 0.05) is 18.0 Å². The molecule has 0 amide bonds. The van der Waals surface area contributed by atoms with Crippen LogP contribution in [0.3, 0.4) is 0 Å². The predicted octanol–water partition coefficient (Wildman–Crippen LogP) is 4.43. The molecule has 26 heavy (non-hydrogen) atoms. The number of nitriles is 1. The highest BCUT2D eigenvalue weighted by molar-refractivity contribution is 7.99. The van der Waals surface area contributed by atoms with Crippen LogP contribution >= 0.6 is 23.4 Å². The molecule has 0 aliphatic carbocycles. The Kier molecular flexibility index (Phi) is 4.16. The van der Waals surface area contributed by atoms with Crippen LogP contribution in [-0.4, -0.2) is 29.6 Å². The van der Waals surface area contributed by atoms with E-state index in [2.05, 4.69) is 9.73 Å². The van der Waals surface area contributed by atoms with E-state index in [-0.39, 0.29) is 22.2 Å². The van der Waals surface area contributed by atoms with Crippen LogP contribution in [-0.2, 0) is 10.3 Å². The van der Waals surface area contributed by atoms with E-state index < -0.39 is 18.0 Å². The molecule has 1 spiro atoms. The zero-order valence-corrected chi connectivity index (χ0v) is 14.8. The van der Waals surface area contributed by atoms with Crippen molar-refractivity contribution < 1.29 is 17.9 Å². The molecule has 0 radical (unpaired) electrons. The Labute approximate surface area is 156 Å². The summed E-state index contributed by atoms with van der Waals surface area (Å²) in [7, 11) is 0. The van der Waals surface area contributed by atoms with Crippen LogP contribution in [0.1, 0.15) is 12.0 Å². The number of benzene rings is 1. The van der Waals surface area contributed by atoms with Gasteiger partial charge in [-0.25, -0.2) is 4.39 Å². The SMILES string of the molecule is N#CC1=CN2C[C@]3(CCSc4c3ccc(Cl)c4F)N=C2C(OC(F)F)=C1. The van der Waals surface area contributed by atoms with Gasteiger partial charge in [0.25, 0.3) is 0 Å². The molecule has 0 unspecified atom stereocenters. The fourth-order valence-electron chi connectivity index (χ4n) is 3.39. The van der Waals surface area contributed by atoms with E-state index in [0.29, 0.717) is 29.2 Å². The number of aliphatic imine (C=N–C) groups is 1. The van der Waals surface area contributed by atoms with Crippen molar-refractivity contribution in [3.63, 3.8) is 0 Å². The quantitative estimate of drug-likeness (QED) is 0.740. The molecule has 4 nitrogen and oxygen atoms in total. The maximum atomic E-state index is 14.5. The molecule has 0 aromatic heterocycles. The molecule has 0 saturated heterocycles. The third-order valence-electron chi connectivity index (χ3n) is 4.48. The number of amidine groups is 1. The van der Waals surface area contributed by atoms with Crippen molar-refractivity contribution in [3.05, 3.63) is 52.1 Å². The smallest absolute Gasteiger partial charge is 0.387 e. The Bertz CT molecular complexity index is 925. The first-order valence-electron chi connectivity index (χ1n) is 7.70. The molecule has 0 bridgehead atoms. The first kappa shape index (κ1) is 17.3. The molecule has 4 rings (SSSR count). The second kappa shape index (κ2) is 6.25. The normalized spacial score (nSPS) is 23.8. The van der Waals surface area contributed by atoms with E-state index in [1.54, 1.807) is 17.2 Å². The second-order valence-corrected chi connectivity index (χ2v) is 7.53. The van der Waals surface area contributed by atoms with E-state index in [1.165, 1.54) is 23.9 Å². The largest absolute Gasteiger partial charge is 0.431 e. The third-order valence-corrected chi connectivity index (χ3v) is 5.87. The van der Waals surface area contributed by atoms with Crippen molar-refractivity contribution in [2.75, 3.05) is 12.3 Å². The lowest BCUT2D eigenvalue weighted by Crippen LogP contribution is -2.35. The Morgan fingerprint density at radius 3 is 2.96 bits per heavy atom. The maximum absolute atomic E-state index is 14.5. The number of thioether (sulfide) groups is 1. The number of allylic oxidation sites excluding steroid dienone is 2. The van der Waals surface area contributed by atoms with Crippen LogP contribution in [0.15, 0.2) is 45.6 Å². The Hall–Kier alpha value is -2.11. The van der Waals surface area contributed by atoms with Gasteiger partial charge in [0.2, 0.25) is 0 Å². The number of nitrogens with zero attached hydrogens (tertiary/aromatic N) is 3. The average Bonchev–Trinajstić information content (AvgIpc) is 2.97. The van der Waals surface area contributed by atoms with E-state index in [0.717, 1.165) is 0 Å². The first-order chi connectivity index (χ1) is 12.4. The molecule has 0 fully saturated rings. The van der Waals surface area contributed by atoms with Crippen molar-refractivity contribution >= 4 is 29.2 Å². The maximum Gasteiger partial charge on any atom is 0.387 e. The standard InChI is InChI=1S/C17H11ClF3N3OS/c18-11-2-1-10-14(13(11)19)26-4-3-17(10)8-24-7-9(6-22)5-12(15(24)23-17)25-16(20)21/h1-2,5,7,16H,3-4,8H2/t17-/m0/s1. The van der Waals surface area contributed by atoms with E-state index in [1.807, 2.05) is 6.07 Å². The van der Waals surface area contributed by atoms with Crippen molar-refractivity contribution in [2.24, 2.45) is 4.99 Å². The summed E-state index contributed by atoms with van der Waals surface area (Å²) in [6.07, 6.45) is 3.38. The highest BCUT2D eigenvalue weighted by Crippen LogP contribution is 2.48. The lowest BCUT2D eigenvalue weighted by Gasteiger charge is -2.33. The van der Waals surface area contributed by atoms with Gasteiger partial charge in [-0.15, -0.1) is 11.8 Å². The van der Waals surface area contributed by atoms with Crippen molar-refractivity contribution in [1.29, 1.82) is 5.26 Å². The summed E-state index contributed by atoms with van der Waals surface area (Å²) in [6.45, 7) is -2.72. The van der Waals surface area contributed by atoms with Gasteiger partial charge in [0.05, 0.1) is 22.0 Å². The summed E-state index contributed by atoms with van der Waals surface area (Å²) >= 11 is 7.25. The summed E-state index contributed by atoms with van der Waals surface area (Å²) in [6, 6.07) is 5.13. The number of hydrogen-bond donors (Lipinski definition) is 0. The highest BCUT2D eigenvalue weighted by Gasteiger charge is 2.46. The van der Waals surface area contributed by atoms with Gasteiger partial charge in [0.15, 0.2) is 17.4 Å². The monoisotopic (exact) mass is 397 g/mol. The molecule has 9 heteroatoms. The predicted molar refractivity (Wildman–Crippen MR) is 91.4 cm³/mol. The Morgan fingerprint density at radius 2 is 2.23 bits per heavy atom. The fraction of sp³-hybridized carbons (Fsp3) is 0.294. The molecule has 0 saturated carbocycles. The van der Waals surface area contributed by atoms with Crippen molar-refractivity contribution in [3.8, 4) is 6.07 Å². The minimum atomic E-state index is -3.04. The van der Waals surface area contributed by atoms with Crippen LogP contribution in [0, 0.1) is 17.1 Å². The van der Waals surface area contributed by atoms with Gasteiger partial charge in [-0.1, -0.05) is 17.7 Å². The van der Waals surface area contributed by atoms with Gasteiger partial charge in [-0.05, 0) is 18.1 Å². The molecule has 1 atom stereocenters. The number of ether oxygens (including phenoxy) is 1. The Morgan fingerprint density at radius 1 is 1.42 bits per heavy atom. The number of alkyl halides is 2. The molecule has 1 aromatic rings. The van der Waals surface area contributed by atoms with E-state index >= 15 is 0 Å². The average molecular weight is 398 g/mol. The minimum Gasteiger partial charge on any atom is -0.431 e. The fourth-order valence-corrected chi connectivity index (χ4v) is 4.90. The molecule has 134 valence electrons. The summed E-state index contributed by atoms with van der Waals surface area (Å²) in [5, 5.41) is 9.18. The molecular weight excluding hydrogens is 387 g/mol. The van der Waals surface area contributed by atoms with E-state index in [9.17, 15) is 13.2 Å². The van der Waals surface area contributed by atoms with Gasteiger partial charge >= 0.3 is 6.61 Å². The van der Waals surface area contributed by atoms with Crippen molar-refractivity contribution in [2.45, 2.75) is 23.5 Å². The molecule has 0 N–H and O–H groups in total. The lowest BCUT2D eigenvalue weighted by molar-refractivity contribution is -0.0906. The number of fused-ring (bicyclic) bond motifs is 3. The molecule has 3 heterocycles. The Balaban J connectivity index is 1.83. The summed E-state index contributed by atoms with van der Waals surface area (Å²) in [5.74, 6) is 0.173. The number of hydrogen-bond acceptors (Lipinski definition) is 5. The molecule has 1 aromatic carbocycles. The molecule has 3 aliphatic rings. The van der Waals surface area contributed by atoms with Gasteiger partial charge < -0.3 is 9.64 Å². The first-order valence-corrected chi connectivity index (χ1v) is 9.06. The number of halogens is 4. The van der Waals surface area contributed by atoms with Gasteiger partial charge in [-0.2, -0.15) is 14.0 Å². The van der Waals surface area contributed by atoms with E-state index in [4.69, 9.17) is 16.9 Å².